The van der Waals surface area contributed by atoms with E-state index in [4.69, 9.17) is 0 Å². The van der Waals surface area contributed by atoms with Crippen LogP contribution in [0.3, 0.4) is 0 Å². The predicted octanol–water partition coefficient (Wildman–Crippen LogP) is 4.53. The number of aryl methyl sites for hydroxylation is 1. The highest BCUT2D eigenvalue weighted by atomic mass is 16.1. The van der Waals surface area contributed by atoms with Gasteiger partial charge in [0.05, 0.1) is 17.9 Å². The Labute approximate surface area is 199 Å². The fraction of sp³-hybridized carbons (Fsp3) is 0.286. The van der Waals surface area contributed by atoms with Gasteiger partial charge in [-0.1, -0.05) is 36.4 Å². The number of anilines is 1. The van der Waals surface area contributed by atoms with Crippen LogP contribution in [0, 0.1) is 20.8 Å². The standard InChI is InChI=1S/C28H30N4O2/c1-18-15-22-11-9-10-14-25(22)30(18)17-26(33)24-16-19(2)31(20(24)3)27-21(4)29(5)32(28(27)34)23-12-7-6-8-13-23/h6-14,16,18H,15,17H2,1-5H3/t18-/m1/s1. The molecular formula is C28H30N4O2. The van der Waals surface area contributed by atoms with Crippen LogP contribution < -0.4 is 10.5 Å². The maximum atomic E-state index is 13.6. The number of para-hydroxylation sites is 2. The molecule has 2 aromatic carbocycles. The van der Waals surface area contributed by atoms with Crippen LogP contribution in [0.5, 0.6) is 0 Å². The summed E-state index contributed by atoms with van der Waals surface area (Å²) in [6.45, 7) is 8.32. The van der Waals surface area contributed by atoms with Crippen molar-refractivity contribution in [2.45, 2.75) is 40.2 Å². The molecule has 0 fully saturated rings. The second kappa shape index (κ2) is 8.20. The van der Waals surface area contributed by atoms with Crippen molar-refractivity contribution in [2.75, 3.05) is 11.4 Å². The average molecular weight is 455 g/mol. The number of hydrogen-bond donors (Lipinski definition) is 0. The number of ketones is 1. The van der Waals surface area contributed by atoms with Gasteiger partial charge in [-0.25, -0.2) is 4.68 Å². The molecule has 1 atom stereocenters. The van der Waals surface area contributed by atoms with E-state index < -0.39 is 0 Å². The topological polar surface area (TPSA) is 52.2 Å². The highest BCUT2D eigenvalue weighted by Gasteiger charge is 2.29. The van der Waals surface area contributed by atoms with Gasteiger partial charge in [0.1, 0.15) is 5.69 Å². The SMILES string of the molecule is Cc1cc(C(=O)CN2c3ccccc3C[C@H]2C)c(C)n1-c1c(C)n(C)n(-c2ccccc2)c1=O. The Morgan fingerprint density at radius 1 is 0.971 bits per heavy atom. The van der Waals surface area contributed by atoms with E-state index in [2.05, 4.69) is 30.0 Å². The van der Waals surface area contributed by atoms with Crippen LogP contribution in [-0.2, 0) is 13.5 Å². The molecule has 6 heteroatoms. The first-order valence-electron chi connectivity index (χ1n) is 11.7. The molecule has 0 N–H and O–H groups in total. The number of benzene rings is 2. The van der Waals surface area contributed by atoms with Crippen LogP contribution in [-0.4, -0.2) is 32.3 Å². The van der Waals surface area contributed by atoms with Crippen LogP contribution in [0.1, 0.15) is 39.9 Å². The van der Waals surface area contributed by atoms with Crippen LogP contribution in [0.4, 0.5) is 5.69 Å². The van der Waals surface area contributed by atoms with E-state index in [-0.39, 0.29) is 17.4 Å². The maximum Gasteiger partial charge on any atom is 0.295 e. The Hall–Kier alpha value is -3.80. The summed E-state index contributed by atoms with van der Waals surface area (Å²) in [5.74, 6) is 0.0693. The maximum absolute atomic E-state index is 13.6. The van der Waals surface area contributed by atoms with Gasteiger partial charge in [-0.15, -0.1) is 0 Å². The van der Waals surface area contributed by atoms with Gasteiger partial charge in [0.25, 0.3) is 5.56 Å². The van der Waals surface area contributed by atoms with E-state index >= 15 is 0 Å². The third kappa shape index (κ3) is 3.33. The molecule has 0 radical (unpaired) electrons. The van der Waals surface area contributed by atoms with Gasteiger partial charge in [-0.05, 0) is 63.9 Å². The molecule has 2 aromatic heterocycles. The van der Waals surface area contributed by atoms with Crippen LogP contribution >= 0.6 is 0 Å². The third-order valence-electron chi connectivity index (χ3n) is 7.14. The predicted molar refractivity (Wildman–Crippen MR) is 136 cm³/mol. The molecule has 0 amide bonds. The molecule has 0 unspecified atom stereocenters. The minimum Gasteiger partial charge on any atom is -0.361 e. The first kappa shape index (κ1) is 22.0. The van der Waals surface area contributed by atoms with Gasteiger partial charge in [0.2, 0.25) is 0 Å². The van der Waals surface area contributed by atoms with Crippen molar-refractivity contribution in [1.82, 2.24) is 13.9 Å². The first-order valence-corrected chi connectivity index (χ1v) is 11.7. The van der Waals surface area contributed by atoms with E-state index in [1.54, 1.807) is 4.68 Å². The molecule has 0 saturated carbocycles. The number of nitrogens with zero attached hydrogens (tertiary/aromatic N) is 4. The fourth-order valence-electron chi connectivity index (χ4n) is 5.31. The summed E-state index contributed by atoms with van der Waals surface area (Å²) in [5.41, 5.74) is 6.91. The molecule has 0 spiro atoms. The van der Waals surface area contributed by atoms with Crippen molar-refractivity contribution in [3.8, 4) is 11.4 Å². The number of aromatic nitrogens is 3. The molecule has 0 saturated heterocycles. The zero-order valence-electron chi connectivity index (χ0n) is 20.4. The molecule has 1 aliphatic heterocycles. The minimum absolute atomic E-state index is 0.0693. The van der Waals surface area contributed by atoms with Gasteiger partial charge in [0, 0.05) is 35.7 Å². The zero-order chi connectivity index (χ0) is 24.1. The summed E-state index contributed by atoms with van der Waals surface area (Å²) in [6, 6.07) is 20.1. The van der Waals surface area contributed by atoms with Crippen molar-refractivity contribution < 1.29 is 4.79 Å². The van der Waals surface area contributed by atoms with E-state index in [1.807, 2.05) is 79.5 Å². The van der Waals surface area contributed by atoms with E-state index in [9.17, 15) is 9.59 Å². The van der Waals surface area contributed by atoms with Gasteiger partial charge >= 0.3 is 0 Å². The first-order chi connectivity index (χ1) is 16.3. The summed E-state index contributed by atoms with van der Waals surface area (Å²) >= 11 is 0. The Balaban J connectivity index is 1.54. The zero-order valence-corrected chi connectivity index (χ0v) is 20.4. The number of rotatable bonds is 5. The molecule has 0 aliphatic carbocycles. The lowest BCUT2D eigenvalue weighted by Crippen LogP contribution is -2.34. The Morgan fingerprint density at radius 3 is 2.38 bits per heavy atom. The molecular weight excluding hydrogens is 424 g/mol. The summed E-state index contributed by atoms with van der Waals surface area (Å²) in [5, 5.41) is 0. The summed E-state index contributed by atoms with van der Waals surface area (Å²) < 4.78 is 5.48. The quantitative estimate of drug-likeness (QED) is 0.417. The lowest BCUT2D eigenvalue weighted by molar-refractivity contribution is 0.0997. The number of carbonyl (C=O) groups is 1. The van der Waals surface area contributed by atoms with Crippen LogP contribution in [0.25, 0.3) is 11.4 Å². The summed E-state index contributed by atoms with van der Waals surface area (Å²) in [6.07, 6.45) is 0.949. The van der Waals surface area contributed by atoms with Gasteiger partial charge in [-0.3, -0.25) is 14.3 Å². The lowest BCUT2D eigenvalue weighted by Gasteiger charge is -2.24. The second-order valence-corrected chi connectivity index (χ2v) is 9.26. The van der Waals surface area contributed by atoms with Crippen LogP contribution in [0.15, 0.2) is 65.5 Å². The van der Waals surface area contributed by atoms with Crippen molar-refractivity contribution in [3.63, 3.8) is 0 Å². The van der Waals surface area contributed by atoms with Crippen LogP contribution in [0.2, 0.25) is 0 Å². The molecule has 34 heavy (non-hydrogen) atoms. The molecule has 1 aliphatic rings. The van der Waals surface area contributed by atoms with Crippen molar-refractivity contribution in [1.29, 1.82) is 0 Å². The van der Waals surface area contributed by atoms with Gasteiger partial charge < -0.3 is 9.47 Å². The van der Waals surface area contributed by atoms with E-state index in [1.165, 1.54) is 5.56 Å². The van der Waals surface area contributed by atoms with Gasteiger partial charge in [0.15, 0.2) is 5.78 Å². The molecule has 4 aromatic rings. The average Bonchev–Trinajstić information content (AvgIpc) is 3.38. The Bertz CT molecular complexity index is 1460. The summed E-state index contributed by atoms with van der Waals surface area (Å²) in [7, 11) is 1.89. The van der Waals surface area contributed by atoms with Crippen molar-refractivity contribution >= 4 is 11.5 Å². The highest BCUT2D eigenvalue weighted by Crippen LogP contribution is 2.32. The highest BCUT2D eigenvalue weighted by molar-refractivity contribution is 6.01. The number of fused-ring (bicyclic) bond motifs is 1. The van der Waals surface area contributed by atoms with Gasteiger partial charge in [-0.2, -0.15) is 0 Å². The fourth-order valence-corrected chi connectivity index (χ4v) is 5.31. The number of hydrogen-bond acceptors (Lipinski definition) is 3. The monoisotopic (exact) mass is 454 g/mol. The third-order valence-corrected chi connectivity index (χ3v) is 7.14. The Morgan fingerprint density at radius 2 is 1.65 bits per heavy atom. The largest absolute Gasteiger partial charge is 0.361 e. The van der Waals surface area contributed by atoms with Crippen molar-refractivity contribution in [3.05, 3.63) is 99.2 Å². The Kier molecular flexibility index (Phi) is 5.31. The number of carbonyl (C=O) groups excluding carboxylic acids is 1. The molecule has 174 valence electrons. The molecule has 5 rings (SSSR count). The molecule has 3 heterocycles. The molecule has 0 bridgehead atoms. The normalized spacial score (nSPS) is 15.1. The minimum atomic E-state index is -0.103. The van der Waals surface area contributed by atoms with Crippen molar-refractivity contribution in [2.24, 2.45) is 7.05 Å². The van der Waals surface area contributed by atoms with E-state index in [0.29, 0.717) is 17.8 Å². The summed E-state index contributed by atoms with van der Waals surface area (Å²) in [4.78, 5) is 29.3. The second-order valence-electron chi connectivity index (χ2n) is 9.26. The van der Waals surface area contributed by atoms with E-state index in [0.717, 1.165) is 34.9 Å². The smallest absolute Gasteiger partial charge is 0.295 e. The lowest BCUT2D eigenvalue weighted by atomic mass is 10.1. The molecule has 6 nitrogen and oxygen atoms in total. The number of Topliss-reactive ketones (excluding diaryl/α,β-unsaturated/α-hetero) is 1.